The first-order chi connectivity index (χ1) is 15.7. The Labute approximate surface area is 179 Å². The van der Waals surface area contributed by atoms with Crippen molar-refractivity contribution in [1.29, 1.82) is 0 Å². The maximum Gasteiger partial charge on any atom is 0.216 e. The fourth-order valence-electron chi connectivity index (χ4n) is 4.87. The summed E-state index contributed by atoms with van der Waals surface area (Å²) in [5.74, 6) is 0. The van der Waals surface area contributed by atoms with Crippen LogP contribution in [0.4, 0.5) is 0 Å². The number of pyridine rings is 2. The van der Waals surface area contributed by atoms with Crippen molar-refractivity contribution in [3.8, 4) is 22.4 Å². The van der Waals surface area contributed by atoms with Crippen LogP contribution in [0, 0.1) is 6.92 Å². The predicted octanol–water partition coefficient (Wildman–Crippen LogP) is 6.09. The molecule has 0 spiro atoms. The van der Waals surface area contributed by atoms with Gasteiger partial charge < -0.3 is 4.42 Å². The largest absolute Gasteiger partial charge is 0.455 e. The fourth-order valence-corrected chi connectivity index (χ4v) is 4.87. The van der Waals surface area contributed by atoms with Crippen molar-refractivity contribution in [1.82, 2.24) is 4.98 Å². The molecule has 2 aromatic carbocycles. The van der Waals surface area contributed by atoms with Gasteiger partial charge in [-0.3, -0.25) is 4.98 Å². The van der Waals surface area contributed by atoms with Crippen LogP contribution >= 0.6 is 0 Å². The van der Waals surface area contributed by atoms with E-state index in [0.29, 0.717) is 5.69 Å². The van der Waals surface area contributed by atoms with Gasteiger partial charge in [0.05, 0.1) is 11.3 Å². The van der Waals surface area contributed by atoms with E-state index < -0.39 is 12.3 Å². The van der Waals surface area contributed by atoms with Gasteiger partial charge in [0.25, 0.3) is 0 Å². The predicted molar refractivity (Wildman–Crippen MR) is 120 cm³/mol. The highest BCUT2D eigenvalue weighted by molar-refractivity contribution is 6.11. The van der Waals surface area contributed by atoms with E-state index in [1.54, 1.807) is 13.1 Å². The summed E-state index contributed by atoms with van der Waals surface area (Å²) in [5.41, 5.74) is 6.74. The Hall–Kier alpha value is -3.46. The van der Waals surface area contributed by atoms with Gasteiger partial charge in [-0.15, -0.1) is 0 Å². The molecule has 0 N–H and O–H groups in total. The van der Waals surface area contributed by atoms with Crippen LogP contribution in [0.2, 0.25) is 0 Å². The topological polar surface area (TPSA) is 29.9 Å². The van der Waals surface area contributed by atoms with Crippen molar-refractivity contribution in [2.75, 3.05) is 0 Å². The first kappa shape index (κ1) is 14.5. The summed E-state index contributed by atoms with van der Waals surface area (Å²) >= 11 is 0. The molecule has 0 saturated carbocycles. The zero-order valence-corrected chi connectivity index (χ0v) is 17.2. The lowest BCUT2D eigenvalue weighted by atomic mass is 9.84. The Morgan fingerprint density at radius 1 is 1.03 bits per heavy atom. The summed E-state index contributed by atoms with van der Waals surface area (Å²) in [6.45, 7) is 1.63. The molecule has 6 rings (SSSR count). The first-order valence-corrected chi connectivity index (χ1v) is 10.1. The smallest absolute Gasteiger partial charge is 0.216 e. The SMILES string of the molecule is [2H]C([2H])([2H])C1(C)c2cc3c(cc2-c2cccnc21)oc1c(-c2cccc[n+]2C)c(C)ccc13. The highest BCUT2D eigenvalue weighted by Crippen LogP contribution is 2.50. The molecule has 1 atom stereocenters. The van der Waals surface area contributed by atoms with Gasteiger partial charge in [0.15, 0.2) is 6.20 Å². The Morgan fingerprint density at radius 2 is 1.93 bits per heavy atom. The van der Waals surface area contributed by atoms with Crippen LogP contribution in [-0.2, 0) is 12.5 Å². The van der Waals surface area contributed by atoms with E-state index in [2.05, 4.69) is 34.7 Å². The van der Waals surface area contributed by atoms with Crippen molar-refractivity contribution in [3.05, 3.63) is 83.8 Å². The fraction of sp³-hybridized carbons (Fsp3) is 0.185. The molecule has 0 fully saturated rings. The van der Waals surface area contributed by atoms with Crippen molar-refractivity contribution >= 4 is 21.9 Å². The molecule has 3 nitrogen and oxygen atoms in total. The minimum atomic E-state index is -2.24. The minimum absolute atomic E-state index is 0.602. The van der Waals surface area contributed by atoms with Gasteiger partial charge in [-0.05, 0) is 47.9 Å². The number of hydrogen-bond acceptors (Lipinski definition) is 2. The highest BCUT2D eigenvalue weighted by atomic mass is 16.3. The second-order valence-corrected chi connectivity index (χ2v) is 8.35. The molecule has 146 valence electrons. The van der Waals surface area contributed by atoms with Crippen LogP contribution in [-0.4, -0.2) is 4.98 Å². The van der Waals surface area contributed by atoms with Gasteiger partial charge in [0, 0.05) is 44.2 Å². The number of aryl methyl sites for hydroxylation is 2. The van der Waals surface area contributed by atoms with E-state index in [9.17, 15) is 0 Å². The third-order valence-electron chi connectivity index (χ3n) is 6.41. The van der Waals surface area contributed by atoms with Crippen molar-refractivity contribution in [2.45, 2.75) is 26.1 Å². The molecule has 3 heterocycles. The molecular weight excluding hydrogens is 368 g/mol. The third-order valence-corrected chi connectivity index (χ3v) is 6.41. The number of benzene rings is 2. The summed E-state index contributed by atoms with van der Waals surface area (Å²) in [5, 5.41) is 1.90. The molecule has 3 heteroatoms. The number of hydrogen-bond donors (Lipinski definition) is 0. The van der Waals surface area contributed by atoms with Crippen LogP contribution in [0.3, 0.4) is 0 Å². The lowest BCUT2D eigenvalue weighted by Gasteiger charge is -2.19. The van der Waals surface area contributed by atoms with E-state index >= 15 is 0 Å². The second kappa shape index (κ2) is 5.79. The monoisotopic (exact) mass is 394 g/mol. The molecule has 1 aliphatic rings. The highest BCUT2D eigenvalue weighted by Gasteiger charge is 2.37. The van der Waals surface area contributed by atoms with Crippen LogP contribution in [0.25, 0.3) is 44.3 Å². The molecule has 0 amide bonds. The Kier molecular flexibility index (Phi) is 2.80. The molecule has 0 aliphatic heterocycles. The van der Waals surface area contributed by atoms with Crippen LogP contribution in [0.15, 0.2) is 71.4 Å². The average Bonchev–Trinajstić information content (AvgIpc) is 3.27. The Bertz CT molecular complexity index is 1600. The van der Waals surface area contributed by atoms with Crippen molar-refractivity contribution < 1.29 is 13.1 Å². The minimum Gasteiger partial charge on any atom is -0.455 e. The average molecular weight is 395 g/mol. The molecule has 0 bridgehead atoms. The van der Waals surface area contributed by atoms with Gasteiger partial charge >= 0.3 is 0 Å². The number of furan rings is 1. The van der Waals surface area contributed by atoms with Gasteiger partial charge in [0.2, 0.25) is 5.69 Å². The summed E-state index contributed by atoms with van der Waals surface area (Å²) < 4.78 is 33.7. The van der Waals surface area contributed by atoms with Crippen LogP contribution in [0.5, 0.6) is 0 Å². The summed E-state index contributed by atoms with van der Waals surface area (Å²) in [6.07, 6.45) is 3.69. The first-order valence-electron chi connectivity index (χ1n) is 11.6. The molecule has 1 aliphatic carbocycles. The van der Waals surface area contributed by atoms with E-state index in [1.165, 1.54) is 0 Å². The normalized spacial score (nSPS) is 19.4. The summed E-state index contributed by atoms with van der Waals surface area (Å²) in [7, 11) is 2.02. The van der Waals surface area contributed by atoms with Gasteiger partial charge in [-0.2, -0.15) is 0 Å². The quantitative estimate of drug-likeness (QED) is 0.322. The standard InChI is InChI=1S/C27H23N2O/c1-16-10-11-17-20-14-21-19(18-8-7-12-28-26(18)27(21,2)3)15-23(20)30-25(17)24(16)22-9-5-6-13-29(22)4/h5-15H,1-4H3/q+1/i2D3. The molecule has 5 aromatic rings. The molecule has 0 saturated heterocycles. The molecule has 0 radical (unpaired) electrons. The zero-order chi connectivity index (χ0) is 23.1. The van der Waals surface area contributed by atoms with Gasteiger partial charge in [-0.25, -0.2) is 4.57 Å². The Balaban J connectivity index is 1.72. The Morgan fingerprint density at radius 3 is 2.77 bits per heavy atom. The van der Waals surface area contributed by atoms with E-state index in [-0.39, 0.29) is 0 Å². The van der Waals surface area contributed by atoms with Gasteiger partial charge in [-0.1, -0.05) is 32.0 Å². The number of rotatable bonds is 1. The number of aromatic nitrogens is 2. The maximum atomic E-state index is 8.39. The second-order valence-electron chi connectivity index (χ2n) is 8.35. The van der Waals surface area contributed by atoms with Gasteiger partial charge in [0.1, 0.15) is 18.2 Å². The number of nitrogens with zero attached hydrogens (tertiary/aromatic N) is 2. The molecule has 3 aromatic heterocycles. The summed E-state index contributed by atoms with van der Waals surface area (Å²) in [6, 6.07) is 18.1. The molecule has 1 unspecified atom stereocenters. The lowest BCUT2D eigenvalue weighted by molar-refractivity contribution is -0.660. The maximum absolute atomic E-state index is 8.39. The van der Waals surface area contributed by atoms with Crippen LogP contribution < -0.4 is 4.57 Å². The van der Waals surface area contributed by atoms with E-state index in [4.69, 9.17) is 8.53 Å². The lowest BCUT2D eigenvalue weighted by Crippen LogP contribution is -2.30. The van der Waals surface area contributed by atoms with E-state index in [1.807, 2.05) is 49.6 Å². The number of fused-ring (bicyclic) bond motifs is 6. The molecular formula is C27H23N2O+. The van der Waals surface area contributed by atoms with Crippen LogP contribution in [0.1, 0.15) is 34.7 Å². The summed E-state index contributed by atoms with van der Waals surface area (Å²) in [4.78, 5) is 4.51. The van der Waals surface area contributed by atoms with Crippen molar-refractivity contribution in [2.24, 2.45) is 7.05 Å². The van der Waals surface area contributed by atoms with E-state index in [0.717, 1.165) is 55.4 Å². The van der Waals surface area contributed by atoms with Crippen molar-refractivity contribution in [3.63, 3.8) is 0 Å². The third kappa shape index (κ3) is 2.15. The zero-order valence-electron chi connectivity index (χ0n) is 20.2. The molecule has 30 heavy (non-hydrogen) atoms.